The minimum atomic E-state index is 0.150. The first-order valence-corrected chi connectivity index (χ1v) is 8.23. The van der Waals surface area contributed by atoms with Crippen LogP contribution < -0.4 is 4.90 Å². The Morgan fingerprint density at radius 2 is 1.48 bits per heavy atom. The summed E-state index contributed by atoms with van der Waals surface area (Å²) in [6.45, 7) is 9.56. The second-order valence-corrected chi connectivity index (χ2v) is 6.41. The number of hydrogen-bond acceptors (Lipinski definition) is 2. The van der Waals surface area contributed by atoms with Gasteiger partial charge in [-0.2, -0.15) is 0 Å². The molecule has 3 nitrogen and oxygen atoms in total. The average molecular weight is 308 g/mol. The number of hydrogen-bond donors (Lipinski definition) is 0. The molecule has 120 valence electrons. The number of piperazine rings is 1. The molecular weight excluding hydrogens is 284 g/mol. The molecule has 0 radical (unpaired) electrons. The van der Waals surface area contributed by atoms with Gasteiger partial charge in [-0.1, -0.05) is 23.8 Å². The SMILES string of the molecule is Cc1ccc(N2CCN(C(=O)c3ccc(C)c(C)c3)CC2)cc1. The van der Waals surface area contributed by atoms with Crippen LogP contribution in [0.5, 0.6) is 0 Å². The van der Waals surface area contributed by atoms with Crippen LogP contribution in [-0.4, -0.2) is 37.0 Å². The van der Waals surface area contributed by atoms with E-state index in [1.165, 1.54) is 22.4 Å². The number of aryl methyl sites for hydroxylation is 3. The average Bonchev–Trinajstić information content (AvgIpc) is 2.57. The van der Waals surface area contributed by atoms with Gasteiger partial charge >= 0.3 is 0 Å². The van der Waals surface area contributed by atoms with E-state index < -0.39 is 0 Å². The highest BCUT2D eigenvalue weighted by molar-refractivity contribution is 5.94. The number of nitrogens with zero attached hydrogens (tertiary/aromatic N) is 2. The zero-order valence-corrected chi connectivity index (χ0v) is 14.2. The minimum Gasteiger partial charge on any atom is -0.368 e. The molecule has 1 aliphatic heterocycles. The molecule has 2 aromatic rings. The summed E-state index contributed by atoms with van der Waals surface area (Å²) in [7, 11) is 0. The Labute approximate surface area is 138 Å². The van der Waals surface area contributed by atoms with E-state index in [1.807, 2.05) is 23.1 Å². The molecule has 0 saturated carbocycles. The number of rotatable bonds is 2. The molecule has 2 aromatic carbocycles. The summed E-state index contributed by atoms with van der Waals surface area (Å²) in [5.74, 6) is 0.150. The van der Waals surface area contributed by atoms with Gasteiger partial charge in [0.2, 0.25) is 0 Å². The third kappa shape index (κ3) is 3.39. The maximum atomic E-state index is 12.7. The van der Waals surface area contributed by atoms with Gasteiger partial charge in [0.1, 0.15) is 0 Å². The summed E-state index contributed by atoms with van der Waals surface area (Å²) in [4.78, 5) is 17.0. The Hall–Kier alpha value is -2.29. The standard InChI is InChI=1S/C20H24N2O/c1-15-4-8-19(9-5-15)21-10-12-22(13-11-21)20(23)18-7-6-16(2)17(3)14-18/h4-9,14H,10-13H2,1-3H3. The largest absolute Gasteiger partial charge is 0.368 e. The molecule has 1 aliphatic rings. The highest BCUT2D eigenvalue weighted by atomic mass is 16.2. The summed E-state index contributed by atoms with van der Waals surface area (Å²) in [6, 6.07) is 14.6. The Morgan fingerprint density at radius 3 is 2.09 bits per heavy atom. The van der Waals surface area contributed by atoms with Gasteiger partial charge < -0.3 is 9.80 Å². The third-order valence-electron chi connectivity index (χ3n) is 4.72. The molecule has 0 aromatic heterocycles. The monoisotopic (exact) mass is 308 g/mol. The molecular formula is C20H24N2O. The zero-order valence-electron chi connectivity index (χ0n) is 14.2. The molecule has 3 heteroatoms. The second kappa shape index (κ2) is 6.45. The number of carbonyl (C=O) groups excluding carboxylic acids is 1. The molecule has 0 N–H and O–H groups in total. The second-order valence-electron chi connectivity index (χ2n) is 6.41. The topological polar surface area (TPSA) is 23.6 Å². The molecule has 0 atom stereocenters. The lowest BCUT2D eigenvalue weighted by Gasteiger charge is -2.36. The minimum absolute atomic E-state index is 0.150. The van der Waals surface area contributed by atoms with Crippen LogP contribution in [0.25, 0.3) is 0 Å². The first-order chi connectivity index (χ1) is 11.0. The van der Waals surface area contributed by atoms with E-state index in [-0.39, 0.29) is 5.91 Å². The number of carbonyl (C=O) groups is 1. The number of anilines is 1. The molecule has 1 saturated heterocycles. The summed E-state index contributed by atoms with van der Waals surface area (Å²) < 4.78 is 0. The van der Waals surface area contributed by atoms with E-state index in [9.17, 15) is 4.79 Å². The quantitative estimate of drug-likeness (QED) is 0.846. The van der Waals surface area contributed by atoms with Crippen molar-refractivity contribution >= 4 is 11.6 Å². The smallest absolute Gasteiger partial charge is 0.253 e. The predicted octanol–water partition coefficient (Wildman–Crippen LogP) is 3.57. The maximum absolute atomic E-state index is 12.7. The first-order valence-electron chi connectivity index (χ1n) is 8.23. The van der Waals surface area contributed by atoms with Crippen molar-refractivity contribution in [2.24, 2.45) is 0 Å². The molecule has 0 spiro atoms. The normalized spacial score (nSPS) is 14.9. The fourth-order valence-electron chi connectivity index (χ4n) is 2.98. The van der Waals surface area contributed by atoms with E-state index in [0.29, 0.717) is 0 Å². The van der Waals surface area contributed by atoms with Crippen molar-refractivity contribution in [1.29, 1.82) is 0 Å². The van der Waals surface area contributed by atoms with Crippen LogP contribution >= 0.6 is 0 Å². The molecule has 0 bridgehead atoms. The van der Waals surface area contributed by atoms with E-state index in [2.05, 4.69) is 49.9 Å². The Bertz CT molecular complexity index is 698. The number of benzene rings is 2. The lowest BCUT2D eigenvalue weighted by atomic mass is 10.1. The van der Waals surface area contributed by atoms with Crippen molar-refractivity contribution in [1.82, 2.24) is 4.90 Å². The first kappa shape index (κ1) is 15.6. The Morgan fingerprint density at radius 1 is 0.826 bits per heavy atom. The fourth-order valence-corrected chi connectivity index (χ4v) is 2.98. The highest BCUT2D eigenvalue weighted by Gasteiger charge is 2.22. The summed E-state index contributed by atoms with van der Waals surface area (Å²) >= 11 is 0. The van der Waals surface area contributed by atoms with Gasteiger partial charge in [-0.05, 0) is 56.2 Å². The summed E-state index contributed by atoms with van der Waals surface area (Å²) in [5.41, 5.74) is 5.72. The van der Waals surface area contributed by atoms with Crippen molar-refractivity contribution in [2.45, 2.75) is 20.8 Å². The number of amides is 1. The maximum Gasteiger partial charge on any atom is 0.253 e. The van der Waals surface area contributed by atoms with E-state index in [1.54, 1.807) is 0 Å². The highest BCUT2D eigenvalue weighted by Crippen LogP contribution is 2.19. The van der Waals surface area contributed by atoms with Crippen LogP contribution in [0.4, 0.5) is 5.69 Å². The van der Waals surface area contributed by atoms with Gasteiger partial charge in [-0.3, -0.25) is 4.79 Å². The molecule has 1 heterocycles. The van der Waals surface area contributed by atoms with Crippen LogP contribution in [0, 0.1) is 20.8 Å². The van der Waals surface area contributed by atoms with Gasteiger partial charge in [0.05, 0.1) is 0 Å². The Balaban J connectivity index is 1.65. The molecule has 1 fully saturated rings. The lowest BCUT2D eigenvalue weighted by Crippen LogP contribution is -2.48. The summed E-state index contributed by atoms with van der Waals surface area (Å²) in [6.07, 6.45) is 0. The predicted molar refractivity (Wildman–Crippen MR) is 95.2 cm³/mol. The van der Waals surface area contributed by atoms with Gasteiger partial charge in [0.25, 0.3) is 5.91 Å². The van der Waals surface area contributed by atoms with Crippen LogP contribution in [-0.2, 0) is 0 Å². The van der Waals surface area contributed by atoms with Crippen molar-refractivity contribution in [3.8, 4) is 0 Å². The zero-order chi connectivity index (χ0) is 16.4. The third-order valence-corrected chi connectivity index (χ3v) is 4.72. The van der Waals surface area contributed by atoms with Crippen LogP contribution in [0.15, 0.2) is 42.5 Å². The molecule has 1 amide bonds. The van der Waals surface area contributed by atoms with Crippen molar-refractivity contribution in [2.75, 3.05) is 31.1 Å². The van der Waals surface area contributed by atoms with Gasteiger partial charge in [0.15, 0.2) is 0 Å². The van der Waals surface area contributed by atoms with Gasteiger partial charge in [-0.15, -0.1) is 0 Å². The van der Waals surface area contributed by atoms with Crippen LogP contribution in [0.2, 0.25) is 0 Å². The lowest BCUT2D eigenvalue weighted by molar-refractivity contribution is 0.0746. The summed E-state index contributed by atoms with van der Waals surface area (Å²) in [5, 5.41) is 0. The Kier molecular flexibility index (Phi) is 4.37. The van der Waals surface area contributed by atoms with Crippen molar-refractivity contribution in [3.05, 3.63) is 64.7 Å². The van der Waals surface area contributed by atoms with Crippen molar-refractivity contribution < 1.29 is 4.79 Å². The van der Waals surface area contributed by atoms with Crippen molar-refractivity contribution in [3.63, 3.8) is 0 Å². The van der Waals surface area contributed by atoms with Crippen LogP contribution in [0.1, 0.15) is 27.0 Å². The van der Waals surface area contributed by atoms with E-state index in [4.69, 9.17) is 0 Å². The van der Waals surface area contributed by atoms with Gasteiger partial charge in [0, 0.05) is 37.4 Å². The fraction of sp³-hybridized carbons (Fsp3) is 0.350. The molecule has 0 unspecified atom stereocenters. The van der Waals surface area contributed by atoms with Gasteiger partial charge in [-0.25, -0.2) is 0 Å². The van der Waals surface area contributed by atoms with E-state index in [0.717, 1.165) is 31.7 Å². The van der Waals surface area contributed by atoms with Crippen LogP contribution in [0.3, 0.4) is 0 Å². The molecule has 3 rings (SSSR count). The van der Waals surface area contributed by atoms with E-state index >= 15 is 0 Å². The molecule has 23 heavy (non-hydrogen) atoms. The molecule has 0 aliphatic carbocycles.